The highest BCUT2D eigenvalue weighted by Gasteiger charge is 2.17. The average Bonchev–Trinajstić information content (AvgIpc) is 3.21. The number of hydrogen-bond donors (Lipinski definition) is 2. The fraction of sp³-hybridized carbons (Fsp3) is 0.370. The SMILES string of the molecule is CCc1sc(C(=O)CCc2cc(C)c(OC[C@H](O)CO)c(C)c2)cc1-c1ccccc1C. The van der Waals surface area contributed by atoms with Crippen LogP contribution in [0.3, 0.4) is 0 Å². The molecule has 0 radical (unpaired) electrons. The Morgan fingerprint density at radius 3 is 2.34 bits per heavy atom. The lowest BCUT2D eigenvalue weighted by Gasteiger charge is -2.15. The maximum absolute atomic E-state index is 13.0. The second-order valence-corrected chi connectivity index (χ2v) is 9.38. The van der Waals surface area contributed by atoms with Crippen LogP contribution in [-0.4, -0.2) is 35.3 Å². The molecule has 1 atom stereocenters. The second-order valence-electron chi connectivity index (χ2n) is 8.25. The highest BCUT2D eigenvalue weighted by molar-refractivity contribution is 7.14. The number of hydrogen-bond acceptors (Lipinski definition) is 5. The molecule has 32 heavy (non-hydrogen) atoms. The maximum Gasteiger partial charge on any atom is 0.173 e. The molecular formula is C27H32O4S. The van der Waals surface area contributed by atoms with Crippen LogP contribution in [0.2, 0.25) is 0 Å². The largest absolute Gasteiger partial charge is 0.490 e. The van der Waals surface area contributed by atoms with E-state index < -0.39 is 6.10 Å². The van der Waals surface area contributed by atoms with Gasteiger partial charge in [0.05, 0.1) is 11.5 Å². The highest BCUT2D eigenvalue weighted by Crippen LogP contribution is 2.35. The molecule has 0 saturated carbocycles. The van der Waals surface area contributed by atoms with Crippen molar-refractivity contribution >= 4 is 17.1 Å². The molecule has 1 heterocycles. The predicted molar refractivity (Wildman–Crippen MR) is 131 cm³/mol. The average molecular weight is 453 g/mol. The summed E-state index contributed by atoms with van der Waals surface area (Å²) in [4.78, 5) is 15.1. The van der Waals surface area contributed by atoms with E-state index in [4.69, 9.17) is 9.84 Å². The van der Waals surface area contributed by atoms with Gasteiger partial charge in [-0.15, -0.1) is 11.3 Å². The number of benzene rings is 2. The summed E-state index contributed by atoms with van der Waals surface area (Å²) in [7, 11) is 0. The Labute approximate surface area is 194 Å². The number of ether oxygens (including phenoxy) is 1. The number of ketones is 1. The summed E-state index contributed by atoms with van der Waals surface area (Å²) in [5, 5.41) is 18.5. The monoisotopic (exact) mass is 452 g/mol. The van der Waals surface area contributed by atoms with Gasteiger partial charge in [-0.2, -0.15) is 0 Å². The molecule has 170 valence electrons. The number of carbonyl (C=O) groups is 1. The minimum absolute atomic E-state index is 0.0530. The molecule has 2 aromatic carbocycles. The first-order valence-corrected chi connectivity index (χ1v) is 11.9. The summed E-state index contributed by atoms with van der Waals surface area (Å²) in [5.74, 6) is 0.896. The fourth-order valence-corrected chi connectivity index (χ4v) is 5.04. The van der Waals surface area contributed by atoms with Crippen LogP contribution in [0, 0.1) is 20.8 Å². The van der Waals surface area contributed by atoms with Crippen molar-refractivity contribution in [2.24, 2.45) is 0 Å². The van der Waals surface area contributed by atoms with Gasteiger partial charge in [0.25, 0.3) is 0 Å². The number of Topliss-reactive ketones (excluding diaryl/α,β-unsaturated/α-hetero) is 1. The molecule has 3 rings (SSSR count). The Morgan fingerprint density at radius 2 is 1.72 bits per heavy atom. The van der Waals surface area contributed by atoms with Crippen LogP contribution >= 0.6 is 11.3 Å². The van der Waals surface area contributed by atoms with Gasteiger partial charge in [-0.05, 0) is 73.1 Å². The van der Waals surface area contributed by atoms with Crippen molar-refractivity contribution in [2.75, 3.05) is 13.2 Å². The van der Waals surface area contributed by atoms with Crippen LogP contribution in [0.4, 0.5) is 0 Å². The van der Waals surface area contributed by atoms with E-state index in [1.165, 1.54) is 21.6 Å². The van der Waals surface area contributed by atoms with Gasteiger partial charge in [-0.25, -0.2) is 0 Å². The van der Waals surface area contributed by atoms with Gasteiger partial charge < -0.3 is 14.9 Å². The first-order chi connectivity index (χ1) is 15.3. The van der Waals surface area contributed by atoms with E-state index in [0.717, 1.165) is 33.7 Å². The van der Waals surface area contributed by atoms with Crippen LogP contribution in [0.5, 0.6) is 5.75 Å². The van der Waals surface area contributed by atoms with Crippen LogP contribution in [-0.2, 0) is 12.8 Å². The van der Waals surface area contributed by atoms with Crippen molar-refractivity contribution in [1.82, 2.24) is 0 Å². The van der Waals surface area contributed by atoms with E-state index in [2.05, 4.69) is 32.0 Å². The lowest BCUT2D eigenvalue weighted by Crippen LogP contribution is -2.21. The summed E-state index contributed by atoms with van der Waals surface area (Å²) in [6.45, 7) is 7.89. The predicted octanol–water partition coefficient (Wildman–Crippen LogP) is 5.45. The Hall–Kier alpha value is -2.47. The number of rotatable bonds is 10. The number of thiophene rings is 1. The minimum Gasteiger partial charge on any atom is -0.490 e. The van der Waals surface area contributed by atoms with Crippen molar-refractivity contribution in [2.45, 2.75) is 53.1 Å². The summed E-state index contributed by atoms with van der Waals surface area (Å²) >= 11 is 1.61. The molecular weight excluding hydrogens is 420 g/mol. The summed E-state index contributed by atoms with van der Waals surface area (Å²) in [5.41, 5.74) is 6.62. The van der Waals surface area contributed by atoms with E-state index in [1.54, 1.807) is 11.3 Å². The summed E-state index contributed by atoms with van der Waals surface area (Å²) in [6, 6.07) is 14.4. The second kappa shape index (κ2) is 10.9. The number of aryl methyl sites for hydroxylation is 5. The first kappa shape index (κ1) is 24.2. The van der Waals surface area contributed by atoms with Gasteiger partial charge in [0.1, 0.15) is 18.5 Å². The third kappa shape index (κ3) is 5.66. The van der Waals surface area contributed by atoms with Gasteiger partial charge in [-0.1, -0.05) is 43.3 Å². The zero-order chi connectivity index (χ0) is 23.3. The Morgan fingerprint density at radius 1 is 1.03 bits per heavy atom. The summed E-state index contributed by atoms with van der Waals surface area (Å²) in [6.07, 6.45) is 1.14. The molecule has 0 saturated heterocycles. The first-order valence-electron chi connectivity index (χ1n) is 11.1. The lowest BCUT2D eigenvalue weighted by atomic mass is 9.98. The van der Waals surface area contributed by atoms with Crippen molar-refractivity contribution < 1.29 is 19.7 Å². The Balaban J connectivity index is 1.72. The van der Waals surface area contributed by atoms with E-state index in [9.17, 15) is 9.90 Å². The van der Waals surface area contributed by atoms with Crippen LogP contribution in [0.15, 0.2) is 42.5 Å². The number of carbonyl (C=O) groups excluding carboxylic acids is 1. The van der Waals surface area contributed by atoms with Crippen molar-refractivity contribution in [3.63, 3.8) is 0 Å². The van der Waals surface area contributed by atoms with E-state index in [-0.39, 0.29) is 19.0 Å². The molecule has 0 bridgehead atoms. The smallest absolute Gasteiger partial charge is 0.173 e. The highest BCUT2D eigenvalue weighted by atomic mass is 32.1. The maximum atomic E-state index is 13.0. The van der Waals surface area contributed by atoms with E-state index >= 15 is 0 Å². The molecule has 0 aliphatic carbocycles. The van der Waals surface area contributed by atoms with E-state index in [1.807, 2.05) is 38.1 Å². The molecule has 0 aliphatic heterocycles. The van der Waals surface area contributed by atoms with Crippen LogP contribution in [0.25, 0.3) is 11.1 Å². The van der Waals surface area contributed by atoms with Gasteiger partial charge in [0.15, 0.2) is 5.78 Å². The zero-order valence-electron chi connectivity index (χ0n) is 19.3. The third-order valence-corrected chi connectivity index (χ3v) is 6.95. The molecule has 4 nitrogen and oxygen atoms in total. The van der Waals surface area contributed by atoms with Crippen molar-refractivity contribution in [3.05, 3.63) is 74.5 Å². The molecule has 0 fully saturated rings. The molecule has 3 aromatic rings. The lowest BCUT2D eigenvalue weighted by molar-refractivity contribution is 0.0531. The molecule has 5 heteroatoms. The van der Waals surface area contributed by atoms with Crippen LogP contribution in [0.1, 0.15) is 50.1 Å². The molecule has 0 spiro atoms. The van der Waals surface area contributed by atoms with Gasteiger partial charge in [-0.3, -0.25) is 4.79 Å². The zero-order valence-corrected chi connectivity index (χ0v) is 20.1. The van der Waals surface area contributed by atoms with Crippen LogP contribution < -0.4 is 4.74 Å². The Bertz CT molecular complexity index is 1060. The molecule has 1 aromatic heterocycles. The Kier molecular flexibility index (Phi) is 8.24. The van der Waals surface area contributed by atoms with Gasteiger partial charge in [0, 0.05) is 11.3 Å². The molecule has 0 aliphatic rings. The summed E-state index contributed by atoms with van der Waals surface area (Å²) < 4.78 is 5.67. The molecule has 0 amide bonds. The number of aliphatic hydroxyl groups is 2. The minimum atomic E-state index is -0.894. The fourth-order valence-electron chi connectivity index (χ4n) is 3.96. The molecule has 0 unspecified atom stereocenters. The van der Waals surface area contributed by atoms with Crippen molar-refractivity contribution in [3.8, 4) is 16.9 Å². The standard InChI is InChI=1S/C27H32O4S/c1-5-25-23(22-9-7-6-8-17(22)2)14-26(32-25)24(30)11-10-20-12-18(3)27(19(4)13-20)31-16-21(29)15-28/h6-9,12-14,21,28-29H,5,10-11,15-16H2,1-4H3/t21-/m1/s1. The van der Waals surface area contributed by atoms with E-state index in [0.29, 0.717) is 12.8 Å². The number of aliphatic hydroxyl groups excluding tert-OH is 2. The normalized spacial score (nSPS) is 12.1. The quantitative estimate of drug-likeness (QED) is 0.402. The van der Waals surface area contributed by atoms with Gasteiger partial charge >= 0.3 is 0 Å². The topological polar surface area (TPSA) is 66.8 Å². The molecule has 2 N–H and O–H groups in total. The third-order valence-electron chi connectivity index (χ3n) is 5.63. The van der Waals surface area contributed by atoms with Crippen molar-refractivity contribution in [1.29, 1.82) is 0 Å². The van der Waals surface area contributed by atoms with Gasteiger partial charge in [0.2, 0.25) is 0 Å².